The molecule has 19 heavy (non-hydrogen) atoms. The number of carboxylic acids is 1. The van der Waals surface area contributed by atoms with Crippen molar-refractivity contribution in [2.24, 2.45) is 5.73 Å². The van der Waals surface area contributed by atoms with Gasteiger partial charge < -0.3 is 16.2 Å². The molecule has 1 unspecified atom stereocenters. The molecule has 0 aliphatic rings. The number of carbonyl (C=O) groups excluding carboxylic acids is 2. The third-order valence-corrected chi connectivity index (χ3v) is 3.26. The second-order valence-corrected chi connectivity index (χ2v) is 6.46. The molecule has 1 atom stereocenters. The van der Waals surface area contributed by atoms with E-state index in [-0.39, 0.29) is 31.4 Å². The zero-order valence-electron chi connectivity index (χ0n) is 10.6. The number of sulfone groups is 1. The first kappa shape index (κ1) is 17.4. The highest BCUT2D eigenvalue weighted by atomic mass is 32.2. The molecule has 9 heteroatoms. The molecule has 0 saturated heterocycles. The predicted molar refractivity (Wildman–Crippen MR) is 66.9 cm³/mol. The second kappa shape index (κ2) is 7.72. The Kier molecular flexibility index (Phi) is 7.05. The SMILES string of the molecule is CS(=O)(=O)CCCC(=O)NC(CCC(N)=O)C(=O)O. The fourth-order valence-corrected chi connectivity index (χ4v) is 1.97. The van der Waals surface area contributed by atoms with Crippen LogP contribution >= 0.6 is 0 Å². The van der Waals surface area contributed by atoms with Gasteiger partial charge in [-0.25, -0.2) is 13.2 Å². The van der Waals surface area contributed by atoms with Crippen molar-refractivity contribution >= 4 is 27.6 Å². The van der Waals surface area contributed by atoms with Crippen LogP contribution in [0.4, 0.5) is 0 Å². The lowest BCUT2D eigenvalue weighted by molar-refractivity contribution is -0.142. The van der Waals surface area contributed by atoms with Gasteiger partial charge in [0.1, 0.15) is 15.9 Å². The van der Waals surface area contributed by atoms with E-state index in [0.717, 1.165) is 6.26 Å². The predicted octanol–water partition coefficient (Wildman–Crippen LogP) is -1.35. The maximum absolute atomic E-state index is 11.4. The van der Waals surface area contributed by atoms with E-state index in [0.29, 0.717) is 0 Å². The molecule has 0 aromatic rings. The molecule has 0 aromatic carbocycles. The van der Waals surface area contributed by atoms with Crippen LogP contribution in [-0.4, -0.2) is 49.4 Å². The standard InChI is InChI=1S/C10H18N2O6S/c1-19(17,18)6-2-3-9(14)12-7(10(15)16)4-5-8(11)13/h7H,2-6H2,1H3,(H2,11,13)(H,12,14)(H,15,16). The van der Waals surface area contributed by atoms with Crippen molar-refractivity contribution in [3.8, 4) is 0 Å². The van der Waals surface area contributed by atoms with Gasteiger partial charge in [0.05, 0.1) is 5.75 Å². The summed E-state index contributed by atoms with van der Waals surface area (Å²) < 4.78 is 21.7. The number of carboxylic acid groups (broad SMARTS) is 1. The highest BCUT2D eigenvalue weighted by Crippen LogP contribution is 2.00. The van der Waals surface area contributed by atoms with Gasteiger partial charge in [-0.05, 0) is 12.8 Å². The Morgan fingerprint density at radius 3 is 2.26 bits per heavy atom. The number of aliphatic carboxylic acids is 1. The first-order valence-electron chi connectivity index (χ1n) is 5.60. The molecule has 0 aromatic heterocycles. The molecule has 0 aliphatic carbocycles. The van der Waals surface area contributed by atoms with E-state index < -0.39 is 33.7 Å². The van der Waals surface area contributed by atoms with Gasteiger partial charge in [-0.3, -0.25) is 9.59 Å². The molecule has 0 saturated carbocycles. The molecular weight excluding hydrogens is 276 g/mol. The van der Waals surface area contributed by atoms with Crippen molar-refractivity contribution in [2.75, 3.05) is 12.0 Å². The van der Waals surface area contributed by atoms with E-state index in [4.69, 9.17) is 10.8 Å². The smallest absolute Gasteiger partial charge is 0.326 e. The summed E-state index contributed by atoms with van der Waals surface area (Å²) in [6, 6.07) is -1.20. The van der Waals surface area contributed by atoms with Crippen LogP contribution in [-0.2, 0) is 24.2 Å². The van der Waals surface area contributed by atoms with Crippen LogP contribution in [0.1, 0.15) is 25.7 Å². The number of hydrogen-bond donors (Lipinski definition) is 3. The summed E-state index contributed by atoms with van der Waals surface area (Å²) >= 11 is 0. The van der Waals surface area contributed by atoms with Crippen molar-refractivity contribution in [2.45, 2.75) is 31.7 Å². The van der Waals surface area contributed by atoms with Crippen LogP contribution < -0.4 is 11.1 Å². The molecule has 0 rings (SSSR count). The number of hydrogen-bond acceptors (Lipinski definition) is 5. The molecular formula is C10H18N2O6S. The van der Waals surface area contributed by atoms with Crippen molar-refractivity contribution < 1.29 is 27.9 Å². The zero-order chi connectivity index (χ0) is 15.1. The average molecular weight is 294 g/mol. The van der Waals surface area contributed by atoms with Crippen molar-refractivity contribution in [1.82, 2.24) is 5.32 Å². The van der Waals surface area contributed by atoms with E-state index in [9.17, 15) is 22.8 Å². The minimum Gasteiger partial charge on any atom is -0.480 e. The lowest BCUT2D eigenvalue weighted by Gasteiger charge is -2.13. The fraction of sp³-hybridized carbons (Fsp3) is 0.700. The molecule has 0 radical (unpaired) electrons. The first-order valence-corrected chi connectivity index (χ1v) is 7.66. The highest BCUT2D eigenvalue weighted by Gasteiger charge is 2.20. The van der Waals surface area contributed by atoms with Gasteiger partial charge in [0.2, 0.25) is 11.8 Å². The third-order valence-electron chi connectivity index (χ3n) is 2.23. The Labute approximate surface area is 111 Å². The van der Waals surface area contributed by atoms with E-state index in [1.165, 1.54) is 0 Å². The van der Waals surface area contributed by atoms with Crippen molar-refractivity contribution in [3.63, 3.8) is 0 Å². The van der Waals surface area contributed by atoms with Crippen molar-refractivity contribution in [3.05, 3.63) is 0 Å². The minimum atomic E-state index is -3.14. The summed E-state index contributed by atoms with van der Waals surface area (Å²) in [6.07, 6.45) is 0.834. The molecule has 110 valence electrons. The summed E-state index contributed by atoms with van der Waals surface area (Å²) in [4.78, 5) is 32.8. The lowest BCUT2D eigenvalue weighted by atomic mass is 10.1. The van der Waals surface area contributed by atoms with Crippen molar-refractivity contribution in [1.29, 1.82) is 0 Å². The Morgan fingerprint density at radius 2 is 1.84 bits per heavy atom. The van der Waals surface area contributed by atoms with Gasteiger partial charge in [0, 0.05) is 19.1 Å². The average Bonchev–Trinajstić information content (AvgIpc) is 2.21. The third kappa shape index (κ3) is 10.0. The maximum atomic E-state index is 11.4. The first-order chi connectivity index (χ1) is 8.61. The summed E-state index contributed by atoms with van der Waals surface area (Å²) in [5, 5.41) is 11.0. The van der Waals surface area contributed by atoms with Gasteiger partial charge in [-0.1, -0.05) is 0 Å². The summed E-state index contributed by atoms with van der Waals surface area (Å²) in [5.41, 5.74) is 4.89. The molecule has 8 nitrogen and oxygen atoms in total. The van der Waals surface area contributed by atoms with E-state index in [1.807, 2.05) is 0 Å². The molecule has 0 fully saturated rings. The summed E-state index contributed by atoms with van der Waals surface area (Å²) in [5.74, 6) is -2.63. The normalized spacial score (nSPS) is 12.7. The number of nitrogens with one attached hydrogen (secondary N) is 1. The van der Waals surface area contributed by atoms with E-state index in [1.54, 1.807) is 0 Å². The number of amides is 2. The molecule has 0 spiro atoms. The van der Waals surface area contributed by atoms with Crippen LogP contribution in [0.3, 0.4) is 0 Å². The van der Waals surface area contributed by atoms with Gasteiger partial charge in [-0.2, -0.15) is 0 Å². The molecule has 0 aliphatic heterocycles. The number of primary amides is 1. The Morgan fingerprint density at radius 1 is 1.26 bits per heavy atom. The van der Waals surface area contributed by atoms with E-state index in [2.05, 4.69) is 5.32 Å². The number of nitrogens with two attached hydrogens (primary N) is 1. The minimum absolute atomic E-state index is 0.0899. The second-order valence-electron chi connectivity index (χ2n) is 4.20. The van der Waals surface area contributed by atoms with Gasteiger partial charge >= 0.3 is 5.97 Å². The maximum Gasteiger partial charge on any atom is 0.326 e. The van der Waals surface area contributed by atoms with Crippen LogP contribution in [0, 0.1) is 0 Å². The Balaban J connectivity index is 4.17. The molecule has 4 N–H and O–H groups in total. The van der Waals surface area contributed by atoms with Crippen LogP contribution in [0.2, 0.25) is 0 Å². The highest BCUT2D eigenvalue weighted by molar-refractivity contribution is 7.90. The molecule has 0 heterocycles. The topological polar surface area (TPSA) is 144 Å². The lowest BCUT2D eigenvalue weighted by Crippen LogP contribution is -2.41. The van der Waals surface area contributed by atoms with Gasteiger partial charge in [0.15, 0.2) is 0 Å². The zero-order valence-corrected chi connectivity index (χ0v) is 11.4. The summed E-state index contributed by atoms with van der Waals surface area (Å²) in [7, 11) is -3.14. The summed E-state index contributed by atoms with van der Waals surface area (Å²) in [6.45, 7) is 0. The monoisotopic (exact) mass is 294 g/mol. The van der Waals surface area contributed by atoms with Crippen LogP contribution in [0.5, 0.6) is 0 Å². The molecule has 2 amide bonds. The van der Waals surface area contributed by atoms with Gasteiger partial charge in [-0.15, -0.1) is 0 Å². The van der Waals surface area contributed by atoms with Crippen LogP contribution in [0.25, 0.3) is 0 Å². The number of rotatable bonds is 9. The Bertz CT molecular complexity index is 445. The molecule has 0 bridgehead atoms. The number of carbonyl (C=O) groups is 3. The fourth-order valence-electron chi connectivity index (χ4n) is 1.31. The van der Waals surface area contributed by atoms with E-state index >= 15 is 0 Å². The quantitative estimate of drug-likeness (QED) is 0.479. The van der Waals surface area contributed by atoms with Crippen LogP contribution in [0.15, 0.2) is 0 Å². The Hall–Kier alpha value is -1.64. The largest absolute Gasteiger partial charge is 0.480 e. The van der Waals surface area contributed by atoms with Gasteiger partial charge in [0.25, 0.3) is 0 Å².